The van der Waals surface area contributed by atoms with E-state index in [0.29, 0.717) is 36.1 Å². The summed E-state index contributed by atoms with van der Waals surface area (Å²) in [4.78, 5) is 17.9. The van der Waals surface area contributed by atoms with Crippen LogP contribution in [-0.2, 0) is 16.1 Å². The number of nitrogens with zero attached hydrogens (tertiary/aromatic N) is 3. The molecule has 0 radical (unpaired) electrons. The van der Waals surface area contributed by atoms with Crippen molar-refractivity contribution in [1.29, 1.82) is 0 Å². The minimum atomic E-state index is 0.369. The molecule has 1 aliphatic heterocycles. The average molecular weight is 447 g/mol. The summed E-state index contributed by atoms with van der Waals surface area (Å²) in [5.74, 6) is 1.91. The Labute approximate surface area is 195 Å². The van der Waals surface area contributed by atoms with E-state index in [1.54, 1.807) is 0 Å². The van der Waals surface area contributed by atoms with Gasteiger partial charge in [0.15, 0.2) is 0 Å². The number of carbonyl (C=O) groups excluding carboxylic acids is 1. The minimum absolute atomic E-state index is 0.369. The lowest BCUT2D eigenvalue weighted by Crippen LogP contribution is -2.45. The summed E-state index contributed by atoms with van der Waals surface area (Å²) in [6.45, 7) is 11.3. The van der Waals surface area contributed by atoms with E-state index in [1.807, 2.05) is 6.20 Å². The SMILES string of the molecule is CCCCN(C)Cc1cn[nH]c1C1CCC(N(CC(C)C)C(=O)CC2CCOCC2)CC1. The van der Waals surface area contributed by atoms with Crippen LogP contribution in [0, 0.1) is 11.8 Å². The van der Waals surface area contributed by atoms with Crippen molar-refractivity contribution in [1.82, 2.24) is 20.0 Å². The number of rotatable bonds is 11. The summed E-state index contributed by atoms with van der Waals surface area (Å²) in [5.41, 5.74) is 2.68. The van der Waals surface area contributed by atoms with Crippen LogP contribution in [-0.4, -0.2) is 65.3 Å². The van der Waals surface area contributed by atoms with Crippen LogP contribution in [0.4, 0.5) is 0 Å². The Balaban J connectivity index is 1.56. The topological polar surface area (TPSA) is 61.5 Å². The number of nitrogens with one attached hydrogen (secondary N) is 1. The lowest BCUT2D eigenvalue weighted by Gasteiger charge is -2.39. The first kappa shape index (κ1) is 25.2. The number of amides is 1. The molecule has 0 unspecified atom stereocenters. The van der Waals surface area contributed by atoms with E-state index in [-0.39, 0.29) is 0 Å². The lowest BCUT2D eigenvalue weighted by atomic mass is 9.82. The molecule has 182 valence electrons. The normalized spacial score (nSPS) is 22.6. The van der Waals surface area contributed by atoms with E-state index in [0.717, 1.165) is 71.4 Å². The van der Waals surface area contributed by atoms with Gasteiger partial charge in [-0.2, -0.15) is 5.10 Å². The highest BCUT2D eigenvalue weighted by Crippen LogP contribution is 2.36. The minimum Gasteiger partial charge on any atom is -0.381 e. The lowest BCUT2D eigenvalue weighted by molar-refractivity contribution is -0.136. The van der Waals surface area contributed by atoms with Gasteiger partial charge in [0.25, 0.3) is 0 Å². The van der Waals surface area contributed by atoms with E-state index < -0.39 is 0 Å². The summed E-state index contributed by atoms with van der Waals surface area (Å²) in [5, 5.41) is 7.71. The maximum atomic E-state index is 13.3. The smallest absolute Gasteiger partial charge is 0.223 e. The highest BCUT2D eigenvalue weighted by atomic mass is 16.5. The molecule has 6 nitrogen and oxygen atoms in total. The molecule has 1 aromatic heterocycles. The molecule has 1 N–H and O–H groups in total. The van der Waals surface area contributed by atoms with E-state index in [4.69, 9.17) is 4.74 Å². The van der Waals surface area contributed by atoms with E-state index in [9.17, 15) is 4.79 Å². The van der Waals surface area contributed by atoms with Gasteiger partial charge in [-0.1, -0.05) is 27.2 Å². The molecule has 2 heterocycles. The van der Waals surface area contributed by atoms with Crippen molar-refractivity contribution in [2.45, 2.75) is 97.1 Å². The number of aromatic amines is 1. The number of aromatic nitrogens is 2. The molecule has 1 aliphatic carbocycles. The number of H-pyrrole nitrogens is 1. The van der Waals surface area contributed by atoms with Crippen LogP contribution in [0.3, 0.4) is 0 Å². The Kier molecular flexibility index (Phi) is 10.0. The second kappa shape index (κ2) is 12.7. The van der Waals surface area contributed by atoms with Gasteiger partial charge in [0, 0.05) is 55.9 Å². The Bertz CT molecular complexity index is 675. The van der Waals surface area contributed by atoms with Gasteiger partial charge in [-0.15, -0.1) is 0 Å². The molecule has 2 aliphatic rings. The third-order valence-electron chi connectivity index (χ3n) is 7.32. The molecular formula is C26H46N4O2. The molecule has 6 heteroatoms. The number of hydrogen-bond donors (Lipinski definition) is 1. The summed E-state index contributed by atoms with van der Waals surface area (Å²) < 4.78 is 5.49. The van der Waals surface area contributed by atoms with E-state index >= 15 is 0 Å². The molecule has 0 aromatic carbocycles. The van der Waals surface area contributed by atoms with Gasteiger partial charge < -0.3 is 14.5 Å². The van der Waals surface area contributed by atoms with Gasteiger partial charge in [0.05, 0.1) is 6.20 Å². The molecule has 0 bridgehead atoms. The summed E-state index contributed by atoms with van der Waals surface area (Å²) in [6.07, 6.45) is 11.7. The summed E-state index contributed by atoms with van der Waals surface area (Å²) >= 11 is 0. The molecule has 3 rings (SSSR count). The molecular weight excluding hydrogens is 400 g/mol. The van der Waals surface area contributed by atoms with Crippen LogP contribution in [0.1, 0.15) is 95.7 Å². The first-order chi connectivity index (χ1) is 15.5. The van der Waals surface area contributed by atoms with E-state index in [1.165, 1.54) is 24.1 Å². The third-order valence-corrected chi connectivity index (χ3v) is 7.32. The molecule has 1 saturated heterocycles. The van der Waals surface area contributed by atoms with Crippen LogP contribution in [0.15, 0.2) is 6.20 Å². The van der Waals surface area contributed by atoms with Crippen LogP contribution in [0.5, 0.6) is 0 Å². The highest BCUT2D eigenvalue weighted by Gasteiger charge is 2.32. The molecule has 1 amide bonds. The zero-order valence-corrected chi connectivity index (χ0v) is 20.9. The maximum Gasteiger partial charge on any atom is 0.223 e. The Morgan fingerprint density at radius 3 is 2.56 bits per heavy atom. The first-order valence-electron chi connectivity index (χ1n) is 13.1. The highest BCUT2D eigenvalue weighted by molar-refractivity contribution is 5.76. The second-order valence-corrected chi connectivity index (χ2v) is 10.6. The fourth-order valence-corrected chi connectivity index (χ4v) is 5.44. The fraction of sp³-hybridized carbons (Fsp3) is 0.846. The van der Waals surface area contributed by atoms with Gasteiger partial charge in [-0.05, 0) is 70.4 Å². The number of hydrogen-bond acceptors (Lipinski definition) is 4. The molecule has 1 aromatic rings. The molecule has 0 spiro atoms. The zero-order chi connectivity index (χ0) is 22.9. The van der Waals surface area contributed by atoms with Gasteiger partial charge in [0.1, 0.15) is 0 Å². The van der Waals surface area contributed by atoms with Crippen molar-refractivity contribution in [3.8, 4) is 0 Å². The number of unbranched alkanes of at least 4 members (excludes halogenated alkanes) is 1. The maximum absolute atomic E-state index is 13.3. The van der Waals surface area contributed by atoms with Crippen LogP contribution < -0.4 is 0 Å². The zero-order valence-electron chi connectivity index (χ0n) is 20.9. The summed E-state index contributed by atoms with van der Waals surface area (Å²) in [6, 6.07) is 0.389. The first-order valence-corrected chi connectivity index (χ1v) is 13.1. The van der Waals surface area contributed by atoms with E-state index in [2.05, 4.69) is 47.8 Å². The van der Waals surface area contributed by atoms with Crippen LogP contribution in [0.25, 0.3) is 0 Å². The van der Waals surface area contributed by atoms with Crippen molar-refractivity contribution < 1.29 is 9.53 Å². The Hall–Kier alpha value is -1.40. The molecule has 0 atom stereocenters. The van der Waals surface area contributed by atoms with Crippen molar-refractivity contribution in [3.63, 3.8) is 0 Å². The largest absolute Gasteiger partial charge is 0.381 e. The van der Waals surface area contributed by atoms with Gasteiger partial charge in [-0.25, -0.2) is 0 Å². The summed E-state index contributed by atoms with van der Waals surface area (Å²) in [7, 11) is 2.21. The Morgan fingerprint density at radius 1 is 1.19 bits per heavy atom. The van der Waals surface area contributed by atoms with Crippen molar-refractivity contribution in [2.24, 2.45) is 11.8 Å². The van der Waals surface area contributed by atoms with Gasteiger partial charge in [0.2, 0.25) is 5.91 Å². The van der Waals surface area contributed by atoms with Gasteiger partial charge >= 0.3 is 0 Å². The van der Waals surface area contributed by atoms with Crippen molar-refractivity contribution >= 4 is 5.91 Å². The van der Waals surface area contributed by atoms with Gasteiger partial charge in [-0.3, -0.25) is 9.89 Å². The predicted molar refractivity (Wildman–Crippen MR) is 130 cm³/mol. The number of carbonyl (C=O) groups is 1. The van der Waals surface area contributed by atoms with Crippen LogP contribution >= 0.6 is 0 Å². The van der Waals surface area contributed by atoms with Crippen molar-refractivity contribution in [3.05, 3.63) is 17.5 Å². The van der Waals surface area contributed by atoms with Crippen molar-refractivity contribution in [2.75, 3.05) is 33.4 Å². The predicted octanol–water partition coefficient (Wildman–Crippen LogP) is 4.97. The third kappa shape index (κ3) is 7.31. The Morgan fingerprint density at radius 2 is 1.91 bits per heavy atom. The molecule has 2 fully saturated rings. The van der Waals surface area contributed by atoms with Crippen LogP contribution in [0.2, 0.25) is 0 Å². The quantitative estimate of drug-likeness (QED) is 0.521. The monoisotopic (exact) mass is 446 g/mol. The second-order valence-electron chi connectivity index (χ2n) is 10.6. The molecule has 32 heavy (non-hydrogen) atoms. The molecule has 1 saturated carbocycles. The standard InChI is InChI=1S/C26H46N4O2/c1-5-6-13-29(4)19-23-17-27-28-26(23)22-7-9-24(10-8-22)30(18-20(2)3)25(31)16-21-11-14-32-15-12-21/h17,20-22,24H,5-16,18-19H2,1-4H3,(H,27,28). The number of ether oxygens (including phenoxy) is 1. The fourth-order valence-electron chi connectivity index (χ4n) is 5.44. The average Bonchev–Trinajstić information content (AvgIpc) is 3.24.